The van der Waals surface area contributed by atoms with Crippen LogP contribution in [0, 0.1) is 5.92 Å². The molecular weight excluding hydrogens is 234 g/mol. The molecule has 1 aromatic rings. The molecule has 0 saturated heterocycles. The summed E-state index contributed by atoms with van der Waals surface area (Å²) < 4.78 is 4.71. The van der Waals surface area contributed by atoms with Crippen molar-refractivity contribution in [2.24, 2.45) is 5.92 Å². The molecule has 0 spiro atoms. The summed E-state index contributed by atoms with van der Waals surface area (Å²) in [4.78, 5) is 16.4. The van der Waals surface area contributed by atoms with Gasteiger partial charge in [-0.3, -0.25) is 0 Å². The lowest BCUT2D eigenvalue weighted by Gasteiger charge is -2.26. The quantitative estimate of drug-likeness (QED) is 0.772. The number of nitrogens with zero attached hydrogens (tertiary/aromatic N) is 1. The number of rotatable bonds is 3. The van der Waals surface area contributed by atoms with E-state index in [1.807, 2.05) is 0 Å². The van der Waals surface area contributed by atoms with Gasteiger partial charge in [0, 0.05) is 5.92 Å². The maximum Gasteiger partial charge on any atom is 0.349 e. The third-order valence-electron chi connectivity index (χ3n) is 3.62. The molecule has 17 heavy (non-hydrogen) atoms. The Hall–Kier alpha value is -0.900. The van der Waals surface area contributed by atoms with Crippen LogP contribution in [0.15, 0.2) is 6.20 Å². The van der Waals surface area contributed by atoms with Crippen molar-refractivity contribution >= 4 is 17.3 Å². The summed E-state index contributed by atoms with van der Waals surface area (Å²) in [5.74, 6) is 1.12. The molecular formula is C13H19NO2S. The van der Waals surface area contributed by atoms with Crippen LogP contribution < -0.4 is 0 Å². The monoisotopic (exact) mass is 253 g/mol. The van der Waals surface area contributed by atoms with E-state index in [1.165, 1.54) is 50.6 Å². The average molecular weight is 253 g/mol. The van der Waals surface area contributed by atoms with Crippen molar-refractivity contribution in [2.45, 2.75) is 44.9 Å². The smallest absolute Gasteiger partial charge is 0.349 e. The fourth-order valence-corrected chi connectivity index (χ4v) is 3.54. The number of methoxy groups -OCH3 is 1. The molecule has 0 radical (unpaired) electrons. The summed E-state index contributed by atoms with van der Waals surface area (Å²) in [7, 11) is 1.41. The first-order valence-electron chi connectivity index (χ1n) is 6.28. The van der Waals surface area contributed by atoms with Gasteiger partial charge in [-0.2, -0.15) is 0 Å². The second-order valence-corrected chi connectivity index (χ2v) is 5.75. The molecule has 0 bridgehead atoms. The average Bonchev–Trinajstić information content (AvgIpc) is 2.87. The summed E-state index contributed by atoms with van der Waals surface area (Å²) in [6, 6.07) is 0. The number of hydrogen-bond donors (Lipinski definition) is 0. The topological polar surface area (TPSA) is 39.2 Å². The lowest BCUT2D eigenvalue weighted by atomic mass is 9.80. The van der Waals surface area contributed by atoms with Gasteiger partial charge in [-0.05, 0) is 18.8 Å². The predicted molar refractivity (Wildman–Crippen MR) is 68.4 cm³/mol. The lowest BCUT2D eigenvalue weighted by molar-refractivity contribution is 0.0606. The highest BCUT2D eigenvalue weighted by molar-refractivity contribution is 7.13. The molecule has 0 amide bonds. The van der Waals surface area contributed by atoms with Crippen LogP contribution in [-0.2, 0) is 4.74 Å². The number of ether oxygens (including phenoxy) is 1. The van der Waals surface area contributed by atoms with E-state index >= 15 is 0 Å². The first kappa shape index (κ1) is 12.6. The predicted octanol–water partition coefficient (Wildman–Crippen LogP) is 3.61. The molecule has 4 heteroatoms. The SMILES string of the molecule is CCC1CCCC(c2ncc(C(=O)OC)s2)C1. The van der Waals surface area contributed by atoms with Gasteiger partial charge in [-0.15, -0.1) is 11.3 Å². The highest BCUT2D eigenvalue weighted by Gasteiger charge is 2.25. The van der Waals surface area contributed by atoms with Gasteiger partial charge in [0.05, 0.1) is 18.3 Å². The van der Waals surface area contributed by atoms with E-state index in [0.29, 0.717) is 10.8 Å². The third kappa shape index (κ3) is 2.86. The van der Waals surface area contributed by atoms with Crippen molar-refractivity contribution in [2.75, 3.05) is 7.11 Å². The number of aromatic nitrogens is 1. The van der Waals surface area contributed by atoms with Crippen molar-refractivity contribution < 1.29 is 9.53 Å². The van der Waals surface area contributed by atoms with Gasteiger partial charge in [0.2, 0.25) is 0 Å². The molecule has 1 heterocycles. The van der Waals surface area contributed by atoms with E-state index < -0.39 is 0 Å². The normalized spacial score (nSPS) is 24.6. The second-order valence-electron chi connectivity index (χ2n) is 4.69. The highest BCUT2D eigenvalue weighted by Crippen LogP contribution is 2.38. The summed E-state index contributed by atoms with van der Waals surface area (Å²) in [5.41, 5.74) is 0. The Morgan fingerprint density at radius 3 is 3.12 bits per heavy atom. The summed E-state index contributed by atoms with van der Waals surface area (Å²) >= 11 is 1.50. The fraction of sp³-hybridized carbons (Fsp3) is 0.692. The molecule has 0 N–H and O–H groups in total. The van der Waals surface area contributed by atoms with Gasteiger partial charge >= 0.3 is 5.97 Å². The van der Waals surface area contributed by atoms with Gasteiger partial charge in [-0.1, -0.05) is 26.2 Å². The first-order chi connectivity index (χ1) is 8.24. The van der Waals surface area contributed by atoms with Crippen molar-refractivity contribution in [3.05, 3.63) is 16.1 Å². The van der Waals surface area contributed by atoms with Crippen LogP contribution in [0.3, 0.4) is 0 Å². The van der Waals surface area contributed by atoms with Crippen molar-refractivity contribution in [1.82, 2.24) is 4.98 Å². The molecule has 2 rings (SSSR count). The summed E-state index contributed by atoms with van der Waals surface area (Å²) in [5, 5.41) is 1.11. The Bertz CT molecular complexity index is 389. The Labute approximate surface area is 106 Å². The van der Waals surface area contributed by atoms with E-state index in [9.17, 15) is 4.79 Å². The maximum atomic E-state index is 11.4. The third-order valence-corrected chi connectivity index (χ3v) is 4.76. The highest BCUT2D eigenvalue weighted by atomic mass is 32.1. The number of carbonyl (C=O) groups is 1. The molecule has 94 valence electrons. The van der Waals surface area contributed by atoms with Crippen LogP contribution in [0.25, 0.3) is 0 Å². The number of esters is 1. The molecule has 1 fully saturated rings. The van der Waals surface area contributed by atoms with Crippen LogP contribution in [0.2, 0.25) is 0 Å². The van der Waals surface area contributed by atoms with E-state index in [2.05, 4.69) is 11.9 Å². The van der Waals surface area contributed by atoms with Crippen LogP contribution in [0.1, 0.15) is 59.6 Å². The zero-order chi connectivity index (χ0) is 12.3. The van der Waals surface area contributed by atoms with Crippen molar-refractivity contribution in [1.29, 1.82) is 0 Å². The van der Waals surface area contributed by atoms with Crippen LogP contribution >= 0.6 is 11.3 Å². The standard InChI is InChI=1S/C13H19NO2S/c1-3-9-5-4-6-10(7-9)12-14-8-11(17-12)13(15)16-2/h8-10H,3-7H2,1-2H3. The molecule has 1 aromatic heterocycles. The van der Waals surface area contributed by atoms with Gasteiger partial charge in [-0.25, -0.2) is 9.78 Å². The molecule has 2 atom stereocenters. The number of thiazole rings is 1. The first-order valence-corrected chi connectivity index (χ1v) is 7.10. The van der Waals surface area contributed by atoms with Crippen LogP contribution in [0.4, 0.5) is 0 Å². The minimum atomic E-state index is -0.267. The Kier molecular flexibility index (Phi) is 4.15. The zero-order valence-corrected chi connectivity index (χ0v) is 11.3. The molecule has 0 aromatic carbocycles. The summed E-state index contributed by atoms with van der Waals surface area (Å²) in [6.07, 6.45) is 7.99. The van der Waals surface area contributed by atoms with Crippen molar-refractivity contribution in [3.63, 3.8) is 0 Å². The molecule has 1 aliphatic carbocycles. The minimum absolute atomic E-state index is 0.267. The lowest BCUT2D eigenvalue weighted by Crippen LogP contribution is -2.13. The Balaban J connectivity index is 2.06. The van der Waals surface area contributed by atoms with Crippen LogP contribution in [-0.4, -0.2) is 18.1 Å². The molecule has 2 unspecified atom stereocenters. The van der Waals surface area contributed by atoms with Crippen molar-refractivity contribution in [3.8, 4) is 0 Å². The maximum absolute atomic E-state index is 11.4. The minimum Gasteiger partial charge on any atom is -0.465 e. The molecule has 3 nitrogen and oxygen atoms in total. The van der Waals surface area contributed by atoms with E-state index in [-0.39, 0.29) is 5.97 Å². The number of hydrogen-bond acceptors (Lipinski definition) is 4. The van der Waals surface area contributed by atoms with E-state index in [1.54, 1.807) is 6.20 Å². The van der Waals surface area contributed by atoms with Gasteiger partial charge in [0.1, 0.15) is 4.88 Å². The van der Waals surface area contributed by atoms with Gasteiger partial charge in [0.25, 0.3) is 0 Å². The Morgan fingerprint density at radius 2 is 2.41 bits per heavy atom. The second kappa shape index (κ2) is 5.63. The van der Waals surface area contributed by atoms with E-state index in [0.717, 1.165) is 10.9 Å². The molecule has 1 aliphatic rings. The molecule has 1 saturated carbocycles. The zero-order valence-electron chi connectivity index (χ0n) is 10.4. The molecule has 0 aliphatic heterocycles. The van der Waals surface area contributed by atoms with Gasteiger partial charge < -0.3 is 4.74 Å². The number of carbonyl (C=O) groups excluding carboxylic acids is 1. The van der Waals surface area contributed by atoms with E-state index in [4.69, 9.17) is 4.74 Å². The van der Waals surface area contributed by atoms with Gasteiger partial charge in [0.15, 0.2) is 0 Å². The van der Waals surface area contributed by atoms with Crippen LogP contribution in [0.5, 0.6) is 0 Å². The Morgan fingerprint density at radius 1 is 1.59 bits per heavy atom. The fourth-order valence-electron chi connectivity index (χ4n) is 2.56. The largest absolute Gasteiger partial charge is 0.465 e. The summed E-state index contributed by atoms with van der Waals surface area (Å²) in [6.45, 7) is 2.26.